The van der Waals surface area contributed by atoms with E-state index in [0.717, 1.165) is 42.4 Å². The average molecular weight is 768 g/mol. The predicted molar refractivity (Wildman–Crippen MR) is 241 cm³/mol. The molecule has 1 aliphatic carbocycles. The summed E-state index contributed by atoms with van der Waals surface area (Å²) in [6.45, 7) is 27.0. The Morgan fingerprint density at radius 1 is 0.536 bits per heavy atom. The van der Waals surface area contributed by atoms with Crippen LogP contribution in [0.5, 0.6) is 0 Å². The zero-order chi connectivity index (χ0) is 39.6. The van der Waals surface area contributed by atoms with Crippen molar-refractivity contribution in [1.82, 2.24) is 25.3 Å². The Morgan fingerprint density at radius 3 is 1.55 bits per heavy atom. The molecule has 0 amide bonds. The van der Waals surface area contributed by atoms with E-state index in [2.05, 4.69) is 134 Å². The lowest BCUT2D eigenvalue weighted by Gasteiger charge is -2.48. The van der Waals surface area contributed by atoms with Crippen LogP contribution in [0.1, 0.15) is 155 Å². The lowest BCUT2D eigenvalue weighted by molar-refractivity contribution is 0.0571. The van der Waals surface area contributed by atoms with Gasteiger partial charge in [-0.25, -0.2) is 0 Å². The summed E-state index contributed by atoms with van der Waals surface area (Å²) in [6.07, 6.45) is 20.6. The topological polar surface area (TPSA) is 33.8 Å². The van der Waals surface area contributed by atoms with Crippen molar-refractivity contribution in [2.24, 2.45) is 17.3 Å². The van der Waals surface area contributed by atoms with Gasteiger partial charge in [0.1, 0.15) is 0 Å². The van der Waals surface area contributed by atoms with Crippen molar-refractivity contribution in [3.8, 4) is 0 Å². The van der Waals surface area contributed by atoms with Crippen LogP contribution in [0.3, 0.4) is 0 Å². The maximum Gasteiger partial charge on any atom is 0.0169 e. The van der Waals surface area contributed by atoms with Crippen molar-refractivity contribution in [2.75, 3.05) is 52.4 Å². The van der Waals surface area contributed by atoms with Crippen molar-refractivity contribution >= 4 is 0 Å². The molecule has 6 atom stereocenters. The minimum atomic E-state index is 0.287. The molecule has 0 radical (unpaired) electrons. The van der Waals surface area contributed by atoms with E-state index >= 15 is 0 Å². The zero-order valence-corrected chi connectivity index (χ0v) is 37.3. The van der Waals surface area contributed by atoms with E-state index in [0.29, 0.717) is 11.0 Å². The van der Waals surface area contributed by atoms with Crippen LogP contribution in [0, 0.1) is 17.3 Å². The van der Waals surface area contributed by atoms with Crippen molar-refractivity contribution in [3.63, 3.8) is 0 Å². The van der Waals surface area contributed by atoms with E-state index in [1.165, 1.54) is 148 Å². The lowest BCUT2D eigenvalue weighted by Crippen LogP contribution is -2.59. The van der Waals surface area contributed by atoms with Gasteiger partial charge in [-0.3, -0.25) is 9.80 Å². The normalized spacial score (nSPS) is 32.6. The molecular weight excluding hydrogens is 683 g/mol. The second-order valence-corrected chi connectivity index (χ2v) is 21.3. The number of hydrogen-bond donors (Lipinski definition) is 2. The molecule has 5 aliphatic heterocycles. The number of nitrogens with one attached hydrogen (secondary N) is 2. The van der Waals surface area contributed by atoms with Gasteiger partial charge in [-0.2, -0.15) is 0 Å². The Balaban J connectivity index is 0.000000145. The summed E-state index contributed by atoms with van der Waals surface area (Å²) in [4.78, 5) is 8.35. The molecule has 6 aliphatic rings. The van der Waals surface area contributed by atoms with E-state index in [9.17, 15) is 0 Å². The van der Waals surface area contributed by atoms with Crippen molar-refractivity contribution in [3.05, 3.63) is 71.8 Å². The van der Waals surface area contributed by atoms with E-state index < -0.39 is 0 Å². The molecule has 2 aromatic carbocycles. The van der Waals surface area contributed by atoms with Crippen molar-refractivity contribution in [1.29, 1.82) is 0 Å². The fraction of sp³-hybridized carbons (Fsp3) is 0.765. The van der Waals surface area contributed by atoms with Crippen LogP contribution in [0.25, 0.3) is 0 Å². The van der Waals surface area contributed by atoms with E-state index in [1.807, 2.05) is 0 Å². The van der Waals surface area contributed by atoms with E-state index in [4.69, 9.17) is 0 Å². The number of benzene rings is 2. The van der Waals surface area contributed by atoms with Gasteiger partial charge in [0.05, 0.1) is 0 Å². The monoisotopic (exact) mass is 768 g/mol. The summed E-state index contributed by atoms with van der Waals surface area (Å²) < 4.78 is 0. The fourth-order valence-corrected chi connectivity index (χ4v) is 11.5. The molecule has 2 aromatic rings. The van der Waals surface area contributed by atoms with Crippen LogP contribution in [0.2, 0.25) is 0 Å². The molecule has 56 heavy (non-hydrogen) atoms. The number of nitrogens with zero attached hydrogens (tertiary/aromatic N) is 3. The summed E-state index contributed by atoms with van der Waals surface area (Å²) in [5.74, 6) is 2.32. The van der Waals surface area contributed by atoms with Crippen LogP contribution in [-0.4, -0.2) is 96.3 Å². The van der Waals surface area contributed by atoms with Gasteiger partial charge in [-0.15, -0.1) is 0 Å². The Labute approximate surface area is 345 Å². The highest BCUT2D eigenvalue weighted by atomic mass is 15.2. The second-order valence-electron chi connectivity index (χ2n) is 21.3. The molecule has 1 saturated carbocycles. The molecule has 2 N–H and O–H groups in total. The molecule has 0 bridgehead atoms. The molecule has 5 heteroatoms. The van der Waals surface area contributed by atoms with Gasteiger partial charge in [-0.1, -0.05) is 101 Å². The Morgan fingerprint density at radius 2 is 1.00 bits per heavy atom. The first-order valence-electron chi connectivity index (χ1n) is 23.7. The summed E-state index contributed by atoms with van der Waals surface area (Å²) in [6, 6.07) is 24.6. The van der Waals surface area contributed by atoms with Gasteiger partial charge in [0.15, 0.2) is 0 Å². The van der Waals surface area contributed by atoms with Crippen molar-refractivity contribution in [2.45, 2.75) is 180 Å². The average Bonchev–Trinajstić information content (AvgIpc) is 3.21. The van der Waals surface area contributed by atoms with Gasteiger partial charge >= 0.3 is 0 Å². The summed E-state index contributed by atoms with van der Waals surface area (Å²) >= 11 is 0. The highest BCUT2D eigenvalue weighted by Gasteiger charge is 2.40. The van der Waals surface area contributed by atoms with E-state index in [-0.39, 0.29) is 5.54 Å². The Bertz CT molecular complexity index is 1390. The number of piperidine rings is 5. The standard InChI is InChI=1S/C19H30N2.C19H29N.C13H26N2/c1-19(2)14-18(21-11-7-4-8-12-21)17(15-20-19)13-16-9-5-3-6-10-16;1-19(2)12-11-17(16-9-5-3-6-10-16)18(15-19)20-13-7-4-8-14-20;1-11-10-14-13(2,3)9-12(11)15-7-5-4-6-8-15/h3,5-6,9-10,17-18,20H,4,7-8,11-15H2,1-2H3;3,5-6,9-10,17-18H,4,7-8,11-15H2,1-2H3;11-12,14H,4-10H2,1-3H3. The summed E-state index contributed by atoms with van der Waals surface area (Å²) in [7, 11) is 0. The van der Waals surface area contributed by atoms with Crippen LogP contribution in [0.15, 0.2) is 60.7 Å². The summed E-state index contributed by atoms with van der Waals surface area (Å²) in [5.41, 5.74) is 4.21. The number of likely N-dealkylation sites (tertiary alicyclic amines) is 3. The maximum absolute atomic E-state index is 3.77. The molecule has 0 spiro atoms. The lowest BCUT2D eigenvalue weighted by atomic mass is 9.67. The quantitative estimate of drug-likeness (QED) is 0.306. The molecule has 0 aromatic heterocycles. The third kappa shape index (κ3) is 12.9. The van der Waals surface area contributed by atoms with Crippen molar-refractivity contribution < 1.29 is 0 Å². The third-order valence-electron chi connectivity index (χ3n) is 14.9. The van der Waals surface area contributed by atoms with Gasteiger partial charge in [0.25, 0.3) is 0 Å². The molecule has 6 fully saturated rings. The third-order valence-corrected chi connectivity index (χ3v) is 14.9. The number of hydrogen-bond acceptors (Lipinski definition) is 5. The maximum atomic E-state index is 3.77. The van der Waals surface area contributed by atoms with E-state index in [1.54, 1.807) is 5.56 Å². The van der Waals surface area contributed by atoms with Crippen LogP contribution in [0.4, 0.5) is 0 Å². The smallest absolute Gasteiger partial charge is 0.0169 e. The Hall–Kier alpha value is -1.76. The van der Waals surface area contributed by atoms with Gasteiger partial charge < -0.3 is 15.5 Å². The highest BCUT2D eigenvalue weighted by Crippen LogP contribution is 2.45. The summed E-state index contributed by atoms with van der Waals surface area (Å²) in [5, 5.41) is 7.42. The molecule has 314 valence electrons. The molecule has 6 unspecified atom stereocenters. The zero-order valence-electron chi connectivity index (χ0n) is 37.3. The molecule has 5 nitrogen and oxygen atoms in total. The largest absolute Gasteiger partial charge is 0.311 e. The first-order valence-corrected chi connectivity index (χ1v) is 23.7. The van der Waals surface area contributed by atoms with Gasteiger partial charge in [0, 0.05) is 35.7 Å². The minimum Gasteiger partial charge on any atom is -0.311 e. The molecular formula is C51H85N5. The minimum absolute atomic E-state index is 0.287. The number of rotatable bonds is 6. The molecule has 5 heterocycles. The van der Waals surface area contributed by atoms with Gasteiger partial charge in [-0.05, 0) is 185 Å². The predicted octanol–water partition coefficient (Wildman–Crippen LogP) is 10.6. The highest BCUT2D eigenvalue weighted by molar-refractivity contribution is 5.23. The first-order chi connectivity index (χ1) is 26.9. The van der Waals surface area contributed by atoms with Crippen LogP contribution in [-0.2, 0) is 6.42 Å². The fourth-order valence-electron chi connectivity index (χ4n) is 11.5. The van der Waals surface area contributed by atoms with Crippen LogP contribution < -0.4 is 10.6 Å². The SMILES string of the molecule is CC1(C)CC(N2CCCCC2)C(Cc2ccccc2)CN1.CC1(C)CCC(c2ccccc2)C(N2CCCCC2)C1.CC1CNC(C)(C)CC1N1CCCCC1. The van der Waals surface area contributed by atoms with Crippen LogP contribution >= 0.6 is 0 Å². The first kappa shape index (κ1) is 43.8. The Kier molecular flexibility index (Phi) is 16.0. The molecule has 5 saturated heterocycles. The van der Waals surface area contributed by atoms with Gasteiger partial charge in [0.2, 0.25) is 0 Å². The molecule has 8 rings (SSSR count). The second kappa shape index (κ2) is 20.5.